The number of halogens is 1. The van der Waals surface area contributed by atoms with Crippen molar-refractivity contribution in [3.63, 3.8) is 0 Å². The molecule has 0 atom stereocenters. The minimum absolute atomic E-state index is 0.170. The van der Waals surface area contributed by atoms with Gasteiger partial charge in [0.1, 0.15) is 0 Å². The van der Waals surface area contributed by atoms with E-state index in [4.69, 9.17) is 9.72 Å². The summed E-state index contributed by atoms with van der Waals surface area (Å²) in [5, 5.41) is 3.02. The molecule has 176 valence electrons. The van der Waals surface area contributed by atoms with Crippen LogP contribution in [-0.2, 0) is 17.8 Å². The normalized spacial score (nSPS) is 14.8. The second-order valence-electron chi connectivity index (χ2n) is 8.93. The number of fused-ring (bicyclic) bond motifs is 1. The van der Waals surface area contributed by atoms with E-state index in [1.54, 1.807) is 13.2 Å². The Kier molecular flexibility index (Phi) is 8.17. The van der Waals surface area contributed by atoms with Crippen molar-refractivity contribution in [3.05, 3.63) is 58.1 Å². The van der Waals surface area contributed by atoms with Crippen molar-refractivity contribution < 1.29 is 9.53 Å². The number of hydrogen-bond donors (Lipinski definition) is 1. The number of methoxy groups -OCH3 is 1. The van der Waals surface area contributed by atoms with E-state index >= 15 is 0 Å². The number of benzene rings is 2. The van der Waals surface area contributed by atoms with Crippen LogP contribution in [0.2, 0.25) is 0 Å². The molecule has 6 nitrogen and oxygen atoms in total. The van der Waals surface area contributed by atoms with E-state index in [0.29, 0.717) is 24.2 Å². The maximum atomic E-state index is 12.9. The monoisotopic (exact) mass is 512 g/mol. The molecule has 0 aliphatic heterocycles. The van der Waals surface area contributed by atoms with Crippen LogP contribution in [0.4, 0.5) is 5.95 Å². The van der Waals surface area contributed by atoms with E-state index < -0.39 is 0 Å². The van der Waals surface area contributed by atoms with Gasteiger partial charge < -0.3 is 9.30 Å². The minimum Gasteiger partial charge on any atom is -0.385 e. The lowest BCUT2D eigenvalue weighted by atomic mass is 9.94. The van der Waals surface area contributed by atoms with Crippen molar-refractivity contribution >= 4 is 38.8 Å². The first-order valence-electron chi connectivity index (χ1n) is 11.8. The highest BCUT2D eigenvalue weighted by Crippen LogP contribution is 2.26. The van der Waals surface area contributed by atoms with Gasteiger partial charge in [-0.25, -0.2) is 4.98 Å². The molecule has 1 heterocycles. The summed E-state index contributed by atoms with van der Waals surface area (Å²) in [5.41, 5.74) is 3.78. The van der Waals surface area contributed by atoms with Gasteiger partial charge in [0, 0.05) is 42.9 Å². The number of carbonyl (C=O) groups is 1. The average molecular weight is 513 g/mol. The van der Waals surface area contributed by atoms with E-state index in [-0.39, 0.29) is 5.91 Å². The van der Waals surface area contributed by atoms with E-state index in [0.717, 1.165) is 35.0 Å². The lowest BCUT2D eigenvalue weighted by Gasteiger charge is -2.31. The van der Waals surface area contributed by atoms with Gasteiger partial charge in [0.2, 0.25) is 5.95 Å². The molecular weight excluding hydrogens is 480 g/mol. The van der Waals surface area contributed by atoms with Gasteiger partial charge in [-0.3, -0.25) is 15.0 Å². The molecule has 1 aliphatic carbocycles. The van der Waals surface area contributed by atoms with E-state index in [1.165, 1.54) is 37.7 Å². The van der Waals surface area contributed by atoms with Crippen LogP contribution in [0.3, 0.4) is 0 Å². The van der Waals surface area contributed by atoms with Crippen molar-refractivity contribution in [2.24, 2.45) is 0 Å². The summed E-state index contributed by atoms with van der Waals surface area (Å²) in [6.45, 7) is 2.29. The Morgan fingerprint density at radius 2 is 2.03 bits per heavy atom. The number of aryl methyl sites for hydroxylation is 1. The minimum atomic E-state index is -0.170. The quantitative estimate of drug-likeness (QED) is 0.365. The van der Waals surface area contributed by atoms with Crippen LogP contribution >= 0.6 is 15.9 Å². The topological polar surface area (TPSA) is 59.4 Å². The number of aromatic nitrogens is 2. The number of ether oxygens (including phenoxy) is 1. The maximum absolute atomic E-state index is 12.9. The molecule has 1 fully saturated rings. The van der Waals surface area contributed by atoms with Crippen molar-refractivity contribution in [2.75, 3.05) is 26.1 Å². The third-order valence-corrected chi connectivity index (χ3v) is 6.98. The predicted octanol–water partition coefficient (Wildman–Crippen LogP) is 5.85. The SMILES string of the molecule is COCCCn1c(NC(=O)c2cccc(Br)c2)nc2cc(CN(C)C3CCCCC3)ccc21. The molecule has 0 bridgehead atoms. The third-order valence-electron chi connectivity index (χ3n) is 6.48. The number of hydrogen-bond acceptors (Lipinski definition) is 4. The van der Waals surface area contributed by atoms with Crippen LogP contribution in [0.15, 0.2) is 46.9 Å². The van der Waals surface area contributed by atoms with Crippen LogP contribution < -0.4 is 5.32 Å². The Morgan fingerprint density at radius 3 is 2.79 bits per heavy atom. The molecule has 3 aromatic rings. The van der Waals surface area contributed by atoms with Gasteiger partial charge in [-0.1, -0.05) is 47.3 Å². The standard InChI is InChI=1S/C26H33BrN4O2/c1-30(22-10-4-3-5-11-22)18-19-12-13-24-23(16-19)28-26(31(24)14-7-15-33-2)29-25(32)20-8-6-9-21(27)17-20/h6,8-9,12-13,16-17,22H,3-5,7,10-11,14-15,18H2,1-2H3,(H,28,29,32). The summed E-state index contributed by atoms with van der Waals surface area (Å²) in [5.74, 6) is 0.403. The Bertz CT molecular complexity index is 1090. The van der Waals surface area contributed by atoms with Crippen molar-refractivity contribution in [1.29, 1.82) is 0 Å². The number of amides is 1. The first-order chi connectivity index (χ1) is 16.0. The molecule has 1 aliphatic rings. The zero-order valence-corrected chi connectivity index (χ0v) is 21.1. The largest absolute Gasteiger partial charge is 0.385 e. The molecule has 1 amide bonds. The van der Waals surface area contributed by atoms with Crippen LogP contribution in [0.1, 0.15) is 54.4 Å². The summed E-state index contributed by atoms with van der Waals surface area (Å²) in [4.78, 5) is 20.2. The van der Waals surface area contributed by atoms with E-state index in [9.17, 15) is 4.79 Å². The van der Waals surface area contributed by atoms with Crippen LogP contribution in [0, 0.1) is 0 Å². The molecule has 33 heavy (non-hydrogen) atoms. The van der Waals surface area contributed by atoms with Gasteiger partial charge in [0.15, 0.2) is 0 Å². The Hall–Kier alpha value is -2.22. The van der Waals surface area contributed by atoms with Crippen LogP contribution in [-0.4, -0.2) is 47.2 Å². The second-order valence-corrected chi connectivity index (χ2v) is 9.84. The van der Waals surface area contributed by atoms with Crippen molar-refractivity contribution in [1.82, 2.24) is 14.5 Å². The zero-order chi connectivity index (χ0) is 23.2. The summed E-state index contributed by atoms with van der Waals surface area (Å²) >= 11 is 3.44. The van der Waals surface area contributed by atoms with Gasteiger partial charge in [0.05, 0.1) is 11.0 Å². The molecule has 4 rings (SSSR count). The number of anilines is 1. The highest BCUT2D eigenvalue weighted by molar-refractivity contribution is 9.10. The lowest BCUT2D eigenvalue weighted by Crippen LogP contribution is -2.32. The molecule has 0 saturated heterocycles. The smallest absolute Gasteiger partial charge is 0.258 e. The molecule has 0 radical (unpaired) electrons. The van der Waals surface area contributed by atoms with Gasteiger partial charge in [-0.15, -0.1) is 0 Å². The zero-order valence-electron chi connectivity index (χ0n) is 19.5. The fourth-order valence-electron chi connectivity index (χ4n) is 4.70. The average Bonchev–Trinajstić information content (AvgIpc) is 3.16. The van der Waals surface area contributed by atoms with Gasteiger partial charge in [-0.05, 0) is 62.2 Å². The first kappa shape index (κ1) is 23.9. The Labute approximate surface area is 204 Å². The molecule has 2 aromatic carbocycles. The van der Waals surface area contributed by atoms with E-state index in [1.807, 2.05) is 18.2 Å². The van der Waals surface area contributed by atoms with Crippen molar-refractivity contribution in [2.45, 2.75) is 57.7 Å². The van der Waals surface area contributed by atoms with Gasteiger partial charge in [0.25, 0.3) is 5.91 Å². The molecule has 1 saturated carbocycles. The second kappa shape index (κ2) is 11.3. The Morgan fingerprint density at radius 1 is 1.21 bits per heavy atom. The van der Waals surface area contributed by atoms with E-state index in [2.05, 4.69) is 56.0 Å². The molecule has 0 unspecified atom stereocenters. The van der Waals surface area contributed by atoms with Gasteiger partial charge in [-0.2, -0.15) is 0 Å². The maximum Gasteiger partial charge on any atom is 0.258 e. The van der Waals surface area contributed by atoms with Gasteiger partial charge >= 0.3 is 0 Å². The fourth-order valence-corrected chi connectivity index (χ4v) is 5.10. The number of nitrogens with zero attached hydrogens (tertiary/aromatic N) is 3. The molecule has 1 N–H and O–H groups in total. The highest BCUT2D eigenvalue weighted by atomic mass is 79.9. The summed E-state index contributed by atoms with van der Waals surface area (Å²) in [6, 6.07) is 14.5. The van der Waals surface area contributed by atoms with Crippen LogP contribution in [0.5, 0.6) is 0 Å². The lowest BCUT2D eigenvalue weighted by molar-refractivity contribution is 0.102. The fraction of sp³-hybridized carbons (Fsp3) is 0.462. The number of imidazole rings is 1. The molecule has 7 heteroatoms. The highest BCUT2D eigenvalue weighted by Gasteiger charge is 2.19. The first-order valence-corrected chi connectivity index (χ1v) is 12.6. The molecule has 1 aromatic heterocycles. The predicted molar refractivity (Wildman–Crippen MR) is 137 cm³/mol. The summed E-state index contributed by atoms with van der Waals surface area (Å²) in [6.07, 6.45) is 7.46. The summed E-state index contributed by atoms with van der Waals surface area (Å²) in [7, 11) is 3.93. The number of nitrogens with one attached hydrogen (secondary N) is 1. The molecular formula is C26H33BrN4O2. The van der Waals surface area contributed by atoms with Crippen LogP contribution in [0.25, 0.3) is 11.0 Å². The van der Waals surface area contributed by atoms with Crippen molar-refractivity contribution in [3.8, 4) is 0 Å². The summed E-state index contributed by atoms with van der Waals surface area (Å²) < 4.78 is 8.20. The Balaban J connectivity index is 1.57. The third kappa shape index (κ3) is 6.02. The number of rotatable bonds is 9. The molecule has 0 spiro atoms. The number of carbonyl (C=O) groups excluding carboxylic acids is 1.